The van der Waals surface area contributed by atoms with E-state index in [1.165, 1.54) is 0 Å². The zero-order valence-electron chi connectivity index (χ0n) is 18.2. The third-order valence-corrected chi connectivity index (χ3v) is 5.62. The van der Waals surface area contributed by atoms with Crippen LogP contribution >= 0.6 is 0 Å². The van der Waals surface area contributed by atoms with Gasteiger partial charge >= 0.3 is 12.1 Å². The van der Waals surface area contributed by atoms with Crippen molar-refractivity contribution < 1.29 is 23.9 Å². The van der Waals surface area contributed by atoms with Gasteiger partial charge in [0.25, 0.3) is 5.91 Å². The average Bonchev–Trinajstić information content (AvgIpc) is 3.19. The molecular weight excluding hydrogens is 400 g/mol. The molecule has 0 aromatic heterocycles. The molecule has 2 aliphatic rings. The number of carbonyl (C=O) groups is 4. The third kappa shape index (κ3) is 4.81. The predicted octanol–water partition coefficient (Wildman–Crippen LogP) is 1.66. The van der Waals surface area contributed by atoms with Gasteiger partial charge in [0, 0.05) is 12.6 Å². The summed E-state index contributed by atoms with van der Waals surface area (Å²) in [4.78, 5) is 50.9. The van der Waals surface area contributed by atoms with Gasteiger partial charge in [0.1, 0.15) is 12.1 Å². The first-order valence-electron chi connectivity index (χ1n) is 10.7. The number of ether oxygens (including phenoxy) is 1. The van der Waals surface area contributed by atoms with Crippen molar-refractivity contribution in [3.05, 3.63) is 35.4 Å². The number of amides is 5. The Balaban J connectivity index is 1.60. The first-order valence-corrected chi connectivity index (χ1v) is 10.7. The van der Waals surface area contributed by atoms with Crippen LogP contribution in [0.3, 0.4) is 0 Å². The highest BCUT2D eigenvalue weighted by Crippen LogP contribution is 2.41. The molecule has 1 aromatic rings. The Bertz CT molecular complexity index is 871. The van der Waals surface area contributed by atoms with Gasteiger partial charge < -0.3 is 20.7 Å². The molecule has 3 rings (SSSR count). The summed E-state index contributed by atoms with van der Waals surface area (Å²) in [6.45, 7) is 5.79. The van der Waals surface area contributed by atoms with Crippen molar-refractivity contribution in [1.82, 2.24) is 20.9 Å². The number of fused-ring (bicyclic) bond motifs is 2. The average molecular weight is 431 g/mol. The first kappa shape index (κ1) is 22.6. The zero-order chi connectivity index (χ0) is 22.6. The molecule has 1 spiro atoms. The van der Waals surface area contributed by atoms with Crippen molar-refractivity contribution in [2.75, 3.05) is 19.7 Å². The highest BCUT2D eigenvalue weighted by Gasteiger charge is 2.55. The highest BCUT2D eigenvalue weighted by atomic mass is 16.5. The Kier molecular flexibility index (Phi) is 6.82. The van der Waals surface area contributed by atoms with Gasteiger partial charge in [-0.1, -0.05) is 38.1 Å². The van der Waals surface area contributed by atoms with E-state index >= 15 is 0 Å². The molecule has 9 nitrogen and oxygen atoms in total. The molecule has 2 unspecified atom stereocenters. The smallest absolute Gasteiger partial charge is 0.407 e. The summed E-state index contributed by atoms with van der Waals surface area (Å²) in [7, 11) is 0. The maximum atomic E-state index is 13.1. The second-order valence-corrected chi connectivity index (χ2v) is 8.38. The van der Waals surface area contributed by atoms with Crippen LogP contribution in [0.2, 0.25) is 0 Å². The quantitative estimate of drug-likeness (QED) is 0.542. The molecule has 5 amide bonds. The number of hydrogen-bond donors (Lipinski definition) is 3. The normalized spacial score (nSPS) is 20.6. The molecule has 0 bridgehead atoms. The largest absolute Gasteiger partial charge is 0.450 e. The van der Waals surface area contributed by atoms with Crippen LogP contribution in [-0.2, 0) is 26.3 Å². The lowest BCUT2D eigenvalue weighted by Crippen LogP contribution is -2.48. The van der Waals surface area contributed by atoms with Crippen LogP contribution < -0.4 is 16.0 Å². The van der Waals surface area contributed by atoms with E-state index in [9.17, 15) is 19.2 Å². The summed E-state index contributed by atoms with van der Waals surface area (Å²) in [6, 6.07) is 6.65. The standard InChI is InChI=1S/C22H30N4O5/c1-4-31-21(30)24-16(11-14(2)3)12-23-18(27)13-26-19(28)22(25-20(26)29)10-9-15-7-5-6-8-17(15)22/h5-8,14,16H,4,9-13H2,1-3H3,(H,23,27)(H,24,30)(H,25,29). The van der Waals surface area contributed by atoms with Crippen molar-refractivity contribution in [2.24, 2.45) is 5.92 Å². The van der Waals surface area contributed by atoms with Gasteiger partial charge in [0.05, 0.1) is 6.61 Å². The van der Waals surface area contributed by atoms with Crippen molar-refractivity contribution >= 4 is 23.9 Å². The summed E-state index contributed by atoms with van der Waals surface area (Å²) >= 11 is 0. The number of alkyl carbamates (subject to hydrolysis) is 1. The van der Waals surface area contributed by atoms with Gasteiger partial charge in [0.15, 0.2) is 0 Å². The van der Waals surface area contributed by atoms with Crippen LogP contribution in [0.25, 0.3) is 0 Å². The van der Waals surface area contributed by atoms with Gasteiger partial charge in [-0.25, -0.2) is 9.59 Å². The Morgan fingerprint density at radius 2 is 2.00 bits per heavy atom. The summed E-state index contributed by atoms with van der Waals surface area (Å²) in [5.74, 6) is -0.579. The summed E-state index contributed by atoms with van der Waals surface area (Å²) in [6.07, 6.45) is 1.27. The molecule has 1 saturated heterocycles. The molecule has 0 radical (unpaired) electrons. The molecule has 3 N–H and O–H groups in total. The number of imide groups is 1. The minimum atomic E-state index is -1.08. The second-order valence-electron chi connectivity index (χ2n) is 8.38. The molecule has 1 aromatic carbocycles. The molecule has 0 saturated carbocycles. The fourth-order valence-corrected chi connectivity index (χ4v) is 4.27. The van der Waals surface area contributed by atoms with Crippen LogP contribution in [0, 0.1) is 5.92 Å². The molecule has 1 heterocycles. The molecule has 31 heavy (non-hydrogen) atoms. The van der Waals surface area contributed by atoms with E-state index in [1.54, 1.807) is 6.92 Å². The van der Waals surface area contributed by atoms with E-state index in [-0.39, 0.29) is 31.7 Å². The number of aryl methyl sites for hydroxylation is 1. The SMILES string of the molecule is CCOC(=O)NC(CNC(=O)CN1C(=O)NC2(CCc3ccccc32)C1=O)CC(C)C. The topological polar surface area (TPSA) is 117 Å². The van der Waals surface area contributed by atoms with E-state index < -0.39 is 29.5 Å². The maximum Gasteiger partial charge on any atom is 0.407 e. The fourth-order valence-electron chi connectivity index (χ4n) is 4.27. The summed E-state index contributed by atoms with van der Waals surface area (Å²) in [5.41, 5.74) is 0.746. The fraction of sp³-hybridized carbons (Fsp3) is 0.545. The van der Waals surface area contributed by atoms with E-state index in [0.717, 1.165) is 16.0 Å². The van der Waals surface area contributed by atoms with Gasteiger partial charge in [-0.15, -0.1) is 0 Å². The minimum Gasteiger partial charge on any atom is -0.450 e. The van der Waals surface area contributed by atoms with Crippen molar-refractivity contribution in [2.45, 2.75) is 51.6 Å². The summed E-state index contributed by atoms with van der Waals surface area (Å²) in [5, 5.41) is 8.26. The lowest BCUT2D eigenvalue weighted by Gasteiger charge is -2.23. The Morgan fingerprint density at radius 3 is 2.71 bits per heavy atom. The number of rotatable bonds is 8. The lowest BCUT2D eigenvalue weighted by molar-refractivity contribution is -0.135. The number of urea groups is 1. The molecular formula is C22H30N4O5. The van der Waals surface area contributed by atoms with E-state index in [4.69, 9.17) is 4.74 Å². The zero-order valence-corrected chi connectivity index (χ0v) is 18.2. The third-order valence-electron chi connectivity index (χ3n) is 5.62. The van der Waals surface area contributed by atoms with Gasteiger partial charge in [-0.05, 0) is 43.2 Å². The van der Waals surface area contributed by atoms with Crippen LogP contribution in [0.4, 0.5) is 9.59 Å². The first-order chi connectivity index (χ1) is 14.8. The minimum absolute atomic E-state index is 0.174. The molecule has 1 aliphatic carbocycles. The molecule has 1 aliphatic heterocycles. The Labute approximate surface area is 181 Å². The van der Waals surface area contributed by atoms with Crippen molar-refractivity contribution in [1.29, 1.82) is 0 Å². The number of nitrogens with one attached hydrogen (secondary N) is 3. The Morgan fingerprint density at radius 1 is 1.26 bits per heavy atom. The second kappa shape index (κ2) is 9.36. The van der Waals surface area contributed by atoms with E-state index in [0.29, 0.717) is 19.3 Å². The van der Waals surface area contributed by atoms with Crippen LogP contribution in [0.5, 0.6) is 0 Å². The molecule has 2 atom stereocenters. The maximum absolute atomic E-state index is 13.1. The van der Waals surface area contributed by atoms with Crippen LogP contribution in [0.15, 0.2) is 24.3 Å². The van der Waals surface area contributed by atoms with Crippen LogP contribution in [0.1, 0.15) is 44.7 Å². The molecule has 9 heteroatoms. The van der Waals surface area contributed by atoms with E-state index in [2.05, 4.69) is 16.0 Å². The number of carbonyl (C=O) groups excluding carboxylic acids is 4. The highest BCUT2D eigenvalue weighted by molar-refractivity contribution is 6.09. The van der Waals surface area contributed by atoms with Crippen molar-refractivity contribution in [3.63, 3.8) is 0 Å². The lowest BCUT2D eigenvalue weighted by atomic mass is 9.92. The summed E-state index contributed by atoms with van der Waals surface area (Å²) < 4.78 is 4.91. The predicted molar refractivity (Wildman–Crippen MR) is 113 cm³/mol. The van der Waals surface area contributed by atoms with Gasteiger partial charge in [-0.2, -0.15) is 0 Å². The molecule has 168 valence electrons. The number of nitrogens with zero attached hydrogens (tertiary/aromatic N) is 1. The van der Waals surface area contributed by atoms with E-state index in [1.807, 2.05) is 38.1 Å². The molecule has 1 fully saturated rings. The number of benzene rings is 1. The van der Waals surface area contributed by atoms with Gasteiger partial charge in [-0.3, -0.25) is 14.5 Å². The van der Waals surface area contributed by atoms with Crippen molar-refractivity contribution in [3.8, 4) is 0 Å². The number of hydrogen-bond acceptors (Lipinski definition) is 5. The Hall–Kier alpha value is -3.10. The van der Waals surface area contributed by atoms with Gasteiger partial charge in [0.2, 0.25) is 5.91 Å². The monoisotopic (exact) mass is 430 g/mol. The van der Waals surface area contributed by atoms with Crippen LogP contribution in [-0.4, -0.2) is 54.6 Å².